The van der Waals surface area contributed by atoms with Crippen LogP contribution in [0.5, 0.6) is 0 Å². The van der Waals surface area contributed by atoms with Gasteiger partial charge in [-0.2, -0.15) is 5.10 Å². The minimum absolute atomic E-state index is 0.0665. The fourth-order valence-corrected chi connectivity index (χ4v) is 3.17. The molecule has 1 aliphatic heterocycles. The number of furan rings is 1. The Morgan fingerprint density at radius 2 is 1.96 bits per heavy atom. The number of hydrogen-bond acceptors (Lipinski definition) is 6. The quantitative estimate of drug-likeness (QED) is 0.897. The van der Waals surface area contributed by atoms with Gasteiger partial charge < -0.3 is 14.6 Å². The number of nitrogens with one attached hydrogen (secondary N) is 1. The number of carbonyl (C=O) groups excluding carboxylic acids is 1. The van der Waals surface area contributed by atoms with Gasteiger partial charge in [0.25, 0.3) is 5.91 Å². The van der Waals surface area contributed by atoms with Crippen molar-refractivity contribution in [1.82, 2.24) is 20.5 Å². The van der Waals surface area contributed by atoms with E-state index in [-0.39, 0.29) is 11.9 Å². The summed E-state index contributed by atoms with van der Waals surface area (Å²) in [5.41, 5.74) is 2.61. The molecule has 1 N–H and O–H groups in total. The van der Waals surface area contributed by atoms with Gasteiger partial charge >= 0.3 is 0 Å². The first kappa shape index (κ1) is 17.4. The molecule has 0 spiro atoms. The summed E-state index contributed by atoms with van der Waals surface area (Å²) in [5, 5.41) is 11.7. The predicted octanol–water partition coefficient (Wildman–Crippen LogP) is 2.30. The van der Waals surface area contributed by atoms with Crippen molar-refractivity contribution in [3.63, 3.8) is 0 Å². The highest BCUT2D eigenvalue weighted by molar-refractivity contribution is 5.95. The molecule has 3 rings (SSSR count). The molecule has 0 saturated carbocycles. The highest BCUT2D eigenvalue weighted by Gasteiger charge is 2.24. The van der Waals surface area contributed by atoms with Gasteiger partial charge in [-0.1, -0.05) is 13.8 Å². The molecular formula is C18H25N5O2. The normalized spacial score (nSPS) is 15.4. The summed E-state index contributed by atoms with van der Waals surface area (Å²) in [4.78, 5) is 19.1. The van der Waals surface area contributed by atoms with Crippen molar-refractivity contribution in [3.8, 4) is 0 Å². The van der Waals surface area contributed by atoms with E-state index >= 15 is 0 Å². The number of piperidine rings is 1. The van der Waals surface area contributed by atoms with Gasteiger partial charge in [-0.3, -0.25) is 4.79 Å². The van der Waals surface area contributed by atoms with Crippen molar-refractivity contribution in [1.29, 1.82) is 0 Å². The van der Waals surface area contributed by atoms with Crippen molar-refractivity contribution < 1.29 is 9.21 Å². The first-order chi connectivity index (χ1) is 12.1. The average molecular weight is 343 g/mol. The summed E-state index contributed by atoms with van der Waals surface area (Å²) in [6, 6.07) is 1.87. The Kier molecular flexibility index (Phi) is 5.31. The third kappa shape index (κ3) is 3.81. The summed E-state index contributed by atoms with van der Waals surface area (Å²) in [6.45, 7) is 7.58. The number of aryl methyl sites for hydroxylation is 3. The van der Waals surface area contributed by atoms with Gasteiger partial charge in [0.2, 0.25) is 5.95 Å². The zero-order valence-corrected chi connectivity index (χ0v) is 15.1. The zero-order chi connectivity index (χ0) is 17.8. The van der Waals surface area contributed by atoms with Crippen LogP contribution in [0.3, 0.4) is 0 Å². The highest BCUT2D eigenvalue weighted by Crippen LogP contribution is 2.18. The smallest absolute Gasteiger partial charge is 0.255 e. The molecule has 2 aromatic rings. The number of carbonyl (C=O) groups is 1. The molecule has 3 heterocycles. The third-order valence-electron chi connectivity index (χ3n) is 4.71. The Morgan fingerprint density at radius 3 is 2.56 bits per heavy atom. The maximum Gasteiger partial charge on any atom is 0.255 e. The Bertz CT molecular complexity index is 735. The Hall–Kier alpha value is -2.44. The molecule has 1 fully saturated rings. The molecule has 0 aliphatic carbocycles. The lowest BCUT2D eigenvalue weighted by Gasteiger charge is -2.32. The molecule has 7 heteroatoms. The number of hydrogen-bond donors (Lipinski definition) is 1. The largest absolute Gasteiger partial charge is 0.469 e. The van der Waals surface area contributed by atoms with E-state index in [0.29, 0.717) is 17.3 Å². The maximum absolute atomic E-state index is 12.3. The van der Waals surface area contributed by atoms with Crippen LogP contribution >= 0.6 is 0 Å². The minimum atomic E-state index is -0.0665. The lowest BCUT2D eigenvalue weighted by molar-refractivity contribution is 0.0929. The van der Waals surface area contributed by atoms with E-state index in [0.717, 1.165) is 50.2 Å². The van der Waals surface area contributed by atoms with Crippen molar-refractivity contribution >= 4 is 11.9 Å². The number of amides is 1. The van der Waals surface area contributed by atoms with Gasteiger partial charge in [0.1, 0.15) is 5.76 Å². The third-order valence-corrected chi connectivity index (χ3v) is 4.71. The maximum atomic E-state index is 12.3. The van der Waals surface area contributed by atoms with Gasteiger partial charge in [0, 0.05) is 19.1 Å². The van der Waals surface area contributed by atoms with Crippen molar-refractivity contribution in [2.24, 2.45) is 0 Å². The van der Waals surface area contributed by atoms with Crippen LogP contribution in [0, 0.1) is 6.92 Å². The lowest BCUT2D eigenvalue weighted by atomic mass is 10.0. The van der Waals surface area contributed by atoms with E-state index in [9.17, 15) is 4.79 Å². The van der Waals surface area contributed by atoms with Crippen LogP contribution < -0.4 is 10.2 Å². The Labute approximate surface area is 147 Å². The van der Waals surface area contributed by atoms with Gasteiger partial charge in [-0.05, 0) is 38.7 Å². The summed E-state index contributed by atoms with van der Waals surface area (Å²) >= 11 is 0. The average Bonchev–Trinajstić information content (AvgIpc) is 3.08. The van der Waals surface area contributed by atoms with Crippen LogP contribution in [0.4, 0.5) is 5.95 Å². The first-order valence-corrected chi connectivity index (χ1v) is 8.94. The second kappa shape index (κ2) is 7.63. The molecule has 1 aliphatic rings. The fourth-order valence-electron chi connectivity index (χ4n) is 3.17. The summed E-state index contributed by atoms with van der Waals surface area (Å²) < 4.78 is 5.20. The van der Waals surface area contributed by atoms with E-state index in [1.807, 2.05) is 0 Å². The molecule has 7 nitrogen and oxygen atoms in total. The van der Waals surface area contributed by atoms with Crippen LogP contribution in [0.1, 0.15) is 54.2 Å². The van der Waals surface area contributed by atoms with Crippen LogP contribution in [-0.4, -0.2) is 40.2 Å². The molecule has 0 radical (unpaired) electrons. The molecule has 0 bridgehead atoms. The number of nitrogens with zero attached hydrogens (tertiary/aromatic N) is 4. The molecule has 1 saturated heterocycles. The molecule has 0 aromatic carbocycles. The van der Waals surface area contributed by atoms with Crippen LogP contribution in [0.15, 0.2) is 16.7 Å². The number of aromatic nitrogens is 3. The monoisotopic (exact) mass is 343 g/mol. The van der Waals surface area contributed by atoms with E-state index in [1.165, 1.54) is 0 Å². The number of rotatable bonds is 5. The SMILES string of the molecule is CCc1nnc(N2CCC(NC(=O)c3ccoc3C)CC2)nc1CC. The fraction of sp³-hybridized carbons (Fsp3) is 0.556. The van der Waals surface area contributed by atoms with Crippen LogP contribution in [-0.2, 0) is 12.8 Å². The van der Waals surface area contributed by atoms with Gasteiger partial charge in [-0.25, -0.2) is 4.98 Å². The van der Waals surface area contributed by atoms with E-state index < -0.39 is 0 Å². The van der Waals surface area contributed by atoms with Gasteiger partial charge in [0.15, 0.2) is 0 Å². The van der Waals surface area contributed by atoms with Crippen molar-refractivity contribution in [3.05, 3.63) is 35.0 Å². The second-order valence-corrected chi connectivity index (χ2v) is 6.34. The standard InChI is InChI=1S/C18H25N5O2/c1-4-15-16(5-2)21-22-18(20-15)23-9-6-13(7-10-23)19-17(24)14-8-11-25-12(14)3/h8,11,13H,4-7,9-10H2,1-3H3,(H,19,24). The van der Waals surface area contributed by atoms with E-state index in [1.54, 1.807) is 19.3 Å². The van der Waals surface area contributed by atoms with Crippen LogP contribution in [0.25, 0.3) is 0 Å². The van der Waals surface area contributed by atoms with Crippen molar-refractivity contribution in [2.45, 2.75) is 52.5 Å². The molecule has 0 unspecified atom stereocenters. The van der Waals surface area contributed by atoms with E-state index in [4.69, 9.17) is 4.42 Å². The topological polar surface area (TPSA) is 84.2 Å². The molecule has 25 heavy (non-hydrogen) atoms. The Balaban J connectivity index is 1.58. The van der Waals surface area contributed by atoms with Crippen LogP contribution in [0.2, 0.25) is 0 Å². The summed E-state index contributed by atoms with van der Waals surface area (Å²) in [6.07, 6.45) is 4.99. The second-order valence-electron chi connectivity index (χ2n) is 6.34. The van der Waals surface area contributed by atoms with Crippen molar-refractivity contribution in [2.75, 3.05) is 18.0 Å². The summed E-state index contributed by atoms with van der Waals surface area (Å²) in [5.74, 6) is 1.28. The predicted molar refractivity (Wildman–Crippen MR) is 94.7 cm³/mol. The minimum Gasteiger partial charge on any atom is -0.469 e. The molecule has 2 aromatic heterocycles. The molecule has 1 amide bonds. The first-order valence-electron chi connectivity index (χ1n) is 8.94. The Morgan fingerprint density at radius 1 is 1.24 bits per heavy atom. The highest BCUT2D eigenvalue weighted by atomic mass is 16.3. The zero-order valence-electron chi connectivity index (χ0n) is 15.1. The number of anilines is 1. The molecule has 134 valence electrons. The van der Waals surface area contributed by atoms with Gasteiger partial charge in [0.05, 0.1) is 23.2 Å². The molecule has 0 atom stereocenters. The summed E-state index contributed by atoms with van der Waals surface area (Å²) in [7, 11) is 0. The van der Waals surface area contributed by atoms with Gasteiger partial charge in [-0.15, -0.1) is 5.10 Å². The molecular weight excluding hydrogens is 318 g/mol. The lowest BCUT2D eigenvalue weighted by Crippen LogP contribution is -2.45. The van der Waals surface area contributed by atoms with E-state index in [2.05, 4.69) is 39.2 Å².